The quantitative estimate of drug-likeness (QED) is 0.555. The third-order valence-corrected chi connectivity index (χ3v) is 5.43. The molecule has 26 heavy (non-hydrogen) atoms. The number of aromatic nitrogens is 3. The van der Waals surface area contributed by atoms with Crippen LogP contribution in [0.1, 0.15) is 0 Å². The van der Waals surface area contributed by atoms with Crippen molar-refractivity contribution in [2.24, 2.45) is 0 Å². The first kappa shape index (κ1) is 16.6. The van der Waals surface area contributed by atoms with Crippen LogP contribution < -0.4 is 4.72 Å². The van der Waals surface area contributed by atoms with Crippen LogP contribution in [0.3, 0.4) is 0 Å². The SMILES string of the molecule is O=S(=O)(Nc1ccc(Cl)cc1)c1ccc2nc(-c3cccnc3)[nH]c2c1. The molecule has 0 spiro atoms. The molecule has 0 bridgehead atoms. The molecule has 8 heteroatoms. The summed E-state index contributed by atoms with van der Waals surface area (Å²) in [6.07, 6.45) is 3.37. The molecular formula is C18H13ClN4O2S. The molecule has 0 saturated carbocycles. The number of nitrogens with one attached hydrogen (secondary N) is 2. The lowest BCUT2D eigenvalue weighted by Crippen LogP contribution is -2.12. The summed E-state index contributed by atoms with van der Waals surface area (Å²) in [5.74, 6) is 0.633. The van der Waals surface area contributed by atoms with E-state index in [0.717, 1.165) is 5.56 Å². The van der Waals surface area contributed by atoms with Crippen LogP contribution in [0.25, 0.3) is 22.4 Å². The Morgan fingerprint density at radius 3 is 2.58 bits per heavy atom. The first-order chi connectivity index (χ1) is 12.5. The summed E-state index contributed by atoms with van der Waals surface area (Å²) in [6, 6.07) is 14.9. The number of hydrogen-bond donors (Lipinski definition) is 2. The molecule has 0 amide bonds. The van der Waals surface area contributed by atoms with Gasteiger partial charge >= 0.3 is 0 Å². The zero-order valence-corrected chi connectivity index (χ0v) is 14.9. The zero-order valence-electron chi connectivity index (χ0n) is 13.3. The van der Waals surface area contributed by atoms with E-state index in [4.69, 9.17) is 11.6 Å². The van der Waals surface area contributed by atoms with Gasteiger partial charge in [-0.2, -0.15) is 0 Å². The average Bonchev–Trinajstić information content (AvgIpc) is 3.07. The molecule has 4 aromatic rings. The van der Waals surface area contributed by atoms with Gasteiger partial charge in [-0.3, -0.25) is 9.71 Å². The monoisotopic (exact) mass is 384 g/mol. The van der Waals surface area contributed by atoms with E-state index in [1.165, 1.54) is 6.07 Å². The maximum atomic E-state index is 12.6. The summed E-state index contributed by atoms with van der Waals surface area (Å²) < 4.78 is 27.8. The van der Waals surface area contributed by atoms with Crippen molar-refractivity contribution < 1.29 is 8.42 Å². The second-order valence-corrected chi connectivity index (χ2v) is 7.74. The Bertz CT molecular complexity index is 1170. The first-order valence-electron chi connectivity index (χ1n) is 7.70. The van der Waals surface area contributed by atoms with E-state index in [-0.39, 0.29) is 4.90 Å². The minimum atomic E-state index is -3.73. The molecule has 0 unspecified atom stereocenters. The van der Waals surface area contributed by atoms with Gasteiger partial charge in [-0.15, -0.1) is 0 Å². The number of halogens is 1. The predicted octanol–water partition coefficient (Wildman–Crippen LogP) is 4.08. The Morgan fingerprint density at radius 2 is 1.85 bits per heavy atom. The van der Waals surface area contributed by atoms with Crippen molar-refractivity contribution in [1.82, 2.24) is 15.0 Å². The molecule has 0 aliphatic rings. The molecule has 0 atom stereocenters. The smallest absolute Gasteiger partial charge is 0.261 e. The van der Waals surface area contributed by atoms with Gasteiger partial charge in [0.1, 0.15) is 5.82 Å². The number of H-pyrrole nitrogens is 1. The van der Waals surface area contributed by atoms with Crippen LogP contribution >= 0.6 is 11.6 Å². The standard InChI is InChI=1S/C18H13ClN4O2S/c19-13-3-5-14(6-4-13)23-26(24,25)15-7-8-16-17(10-15)22-18(21-16)12-2-1-9-20-11-12/h1-11,23H,(H,21,22). The van der Waals surface area contributed by atoms with Gasteiger partial charge in [0.15, 0.2) is 0 Å². The van der Waals surface area contributed by atoms with E-state index in [0.29, 0.717) is 27.6 Å². The highest BCUT2D eigenvalue weighted by molar-refractivity contribution is 7.92. The minimum absolute atomic E-state index is 0.140. The predicted molar refractivity (Wildman–Crippen MR) is 102 cm³/mol. The van der Waals surface area contributed by atoms with Crippen molar-refractivity contribution in [3.8, 4) is 11.4 Å². The fraction of sp³-hybridized carbons (Fsp3) is 0. The number of sulfonamides is 1. The molecule has 2 aromatic heterocycles. The number of nitrogens with zero attached hydrogens (tertiary/aromatic N) is 2. The van der Waals surface area contributed by atoms with Gasteiger partial charge in [0.25, 0.3) is 10.0 Å². The number of rotatable bonds is 4. The van der Waals surface area contributed by atoms with E-state index in [1.54, 1.807) is 48.8 Å². The maximum Gasteiger partial charge on any atom is 0.261 e. The molecule has 2 N–H and O–H groups in total. The lowest BCUT2D eigenvalue weighted by atomic mass is 10.3. The number of anilines is 1. The van der Waals surface area contributed by atoms with Crippen LogP contribution in [0.15, 0.2) is 71.9 Å². The van der Waals surface area contributed by atoms with E-state index < -0.39 is 10.0 Å². The first-order valence-corrected chi connectivity index (χ1v) is 9.56. The third-order valence-electron chi connectivity index (χ3n) is 3.80. The number of pyridine rings is 1. The zero-order chi connectivity index (χ0) is 18.1. The Labute approximate surface area is 154 Å². The van der Waals surface area contributed by atoms with E-state index >= 15 is 0 Å². The summed E-state index contributed by atoms with van der Waals surface area (Å²) in [5.41, 5.74) is 2.57. The van der Waals surface area contributed by atoms with Crippen LogP contribution in [0.4, 0.5) is 5.69 Å². The van der Waals surface area contributed by atoms with Crippen LogP contribution in [0.2, 0.25) is 5.02 Å². The maximum absolute atomic E-state index is 12.6. The Hall–Kier alpha value is -2.90. The Balaban J connectivity index is 1.69. The minimum Gasteiger partial charge on any atom is -0.338 e. The third kappa shape index (κ3) is 3.26. The van der Waals surface area contributed by atoms with Crippen molar-refractivity contribution >= 4 is 38.3 Å². The molecule has 0 saturated heterocycles. The number of benzene rings is 2. The van der Waals surface area contributed by atoms with Crippen LogP contribution in [-0.4, -0.2) is 23.4 Å². The number of hydrogen-bond acceptors (Lipinski definition) is 4. The van der Waals surface area contributed by atoms with E-state index in [1.807, 2.05) is 12.1 Å². The topological polar surface area (TPSA) is 87.7 Å². The van der Waals surface area contributed by atoms with Gasteiger partial charge in [0.05, 0.1) is 15.9 Å². The molecule has 6 nitrogen and oxygen atoms in total. The van der Waals surface area contributed by atoms with Gasteiger partial charge in [-0.05, 0) is 54.6 Å². The summed E-state index contributed by atoms with van der Waals surface area (Å²) >= 11 is 5.83. The highest BCUT2D eigenvalue weighted by Gasteiger charge is 2.16. The number of imidazole rings is 1. The molecule has 0 fully saturated rings. The second-order valence-electron chi connectivity index (χ2n) is 5.62. The normalized spacial score (nSPS) is 11.6. The van der Waals surface area contributed by atoms with Crippen molar-refractivity contribution in [1.29, 1.82) is 0 Å². The molecule has 2 aromatic carbocycles. The fourth-order valence-corrected chi connectivity index (χ4v) is 3.74. The van der Waals surface area contributed by atoms with Crippen molar-refractivity contribution in [2.75, 3.05) is 4.72 Å². The van der Waals surface area contributed by atoms with Crippen LogP contribution in [-0.2, 0) is 10.0 Å². The van der Waals surface area contributed by atoms with Crippen LogP contribution in [0, 0.1) is 0 Å². The van der Waals surface area contributed by atoms with Gasteiger partial charge < -0.3 is 4.98 Å². The average molecular weight is 385 g/mol. The Morgan fingerprint density at radius 1 is 1.04 bits per heavy atom. The largest absolute Gasteiger partial charge is 0.338 e. The Kier molecular flexibility index (Phi) is 4.10. The lowest BCUT2D eigenvalue weighted by molar-refractivity contribution is 0.601. The molecule has 0 aliphatic carbocycles. The molecule has 0 aliphatic heterocycles. The number of fused-ring (bicyclic) bond motifs is 1. The summed E-state index contributed by atoms with van der Waals surface area (Å²) in [7, 11) is -3.73. The van der Waals surface area contributed by atoms with Crippen LogP contribution in [0.5, 0.6) is 0 Å². The molecule has 4 rings (SSSR count). The van der Waals surface area contributed by atoms with E-state index in [2.05, 4.69) is 19.7 Å². The lowest BCUT2D eigenvalue weighted by Gasteiger charge is -2.08. The van der Waals surface area contributed by atoms with Crippen molar-refractivity contribution in [3.63, 3.8) is 0 Å². The highest BCUT2D eigenvalue weighted by Crippen LogP contribution is 2.24. The highest BCUT2D eigenvalue weighted by atomic mass is 35.5. The summed E-state index contributed by atoms with van der Waals surface area (Å²) in [6.45, 7) is 0. The number of aromatic amines is 1. The van der Waals surface area contributed by atoms with Crippen molar-refractivity contribution in [2.45, 2.75) is 4.90 Å². The van der Waals surface area contributed by atoms with Crippen molar-refractivity contribution in [3.05, 3.63) is 72.0 Å². The van der Waals surface area contributed by atoms with Gasteiger partial charge in [0, 0.05) is 28.7 Å². The van der Waals surface area contributed by atoms with Gasteiger partial charge in [0.2, 0.25) is 0 Å². The molecular weight excluding hydrogens is 372 g/mol. The summed E-state index contributed by atoms with van der Waals surface area (Å²) in [4.78, 5) is 11.8. The molecule has 0 radical (unpaired) electrons. The fourth-order valence-electron chi connectivity index (χ4n) is 2.53. The second kappa shape index (κ2) is 6.44. The summed E-state index contributed by atoms with van der Waals surface area (Å²) in [5, 5.41) is 0.537. The molecule has 2 heterocycles. The molecule has 130 valence electrons. The van der Waals surface area contributed by atoms with E-state index in [9.17, 15) is 8.42 Å². The van der Waals surface area contributed by atoms with Gasteiger partial charge in [-0.25, -0.2) is 13.4 Å². The van der Waals surface area contributed by atoms with Gasteiger partial charge in [-0.1, -0.05) is 11.6 Å².